The number of hydrogen-bond donors (Lipinski definition) is 1. The molecule has 3 rings (SSSR count). The van der Waals surface area contributed by atoms with E-state index in [1.807, 2.05) is 6.92 Å². The molecule has 6 heteroatoms. The summed E-state index contributed by atoms with van der Waals surface area (Å²) in [6, 6.07) is 6.33. The number of anilines is 1. The Morgan fingerprint density at radius 3 is 2.50 bits per heavy atom. The number of aryl methyl sites for hydroxylation is 3. The minimum Gasteiger partial charge on any atom is -0.343 e. The lowest BCUT2D eigenvalue weighted by Crippen LogP contribution is -2.40. The summed E-state index contributed by atoms with van der Waals surface area (Å²) in [4.78, 5) is 31.5. The largest absolute Gasteiger partial charge is 0.343 e. The Morgan fingerprint density at radius 1 is 1.19 bits per heavy atom. The highest BCUT2D eigenvalue weighted by molar-refractivity contribution is 7.16. The first kappa shape index (κ1) is 18.6. The van der Waals surface area contributed by atoms with Crippen LogP contribution in [0.25, 0.3) is 11.3 Å². The average molecular weight is 372 g/mol. The standard InChI is InChI=1S/C20H25N3O2S/c1-12-5-6-17(13(2)11-12)18-14(3)26-20(21-18)22-19(25)16-7-9-23(10-8-16)15(4)24/h5-6,11,16H,7-10H2,1-4H3,(H,21,22,25). The van der Waals surface area contributed by atoms with Gasteiger partial charge in [0.15, 0.2) is 5.13 Å². The van der Waals surface area contributed by atoms with Crippen molar-refractivity contribution < 1.29 is 9.59 Å². The van der Waals surface area contributed by atoms with E-state index in [9.17, 15) is 9.59 Å². The van der Waals surface area contributed by atoms with Crippen molar-refractivity contribution in [1.29, 1.82) is 0 Å². The number of nitrogens with one attached hydrogen (secondary N) is 1. The molecule has 0 spiro atoms. The molecular formula is C20H25N3O2S. The molecule has 1 N–H and O–H groups in total. The molecule has 0 radical (unpaired) electrons. The van der Waals surface area contributed by atoms with E-state index in [1.165, 1.54) is 22.5 Å². The van der Waals surface area contributed by atoms with E-state index in [-0.39, 0.29) is 17.7 Å². The van der Waals surface area contributed by atoms with E-state index >= 15 is 0 Å². The number of thiazole rings is 1. The van der Waals surface area contributed by atoms with Crippen LogP contribution in [-0.2, 0) is 9.59 Å². The van der Waals surface area contributed by atoms with E-state index in [0.29, 0.717) is 31.1 Å². The maximum Gasteiger partial charge on any atom is 0.229 e. The number of hydrogen-bond acceptors (Lipinski definition) is 4. The number of nitrogens with zero attached hydrogens (tertiary/aromatic N) is 2. The zero-order chi connectivity index (χ0) is 18.8. The Hall–Kier alpha value is -2.21. The quantitative estimate of drug-likeness (QED) is 0.889. The van der Waals surface area contributed by atoms with Gasteiger partial charge < -0.3 is 10.2 Å². The van der Waals surface area contributed by atoms with Gasteiger partial charge in [-0.15, -0.1) is 11.3 Å². The maximum absolute atomic E-state index is 12.6. The average Bonchev–Trinajstić information content (AvgIpc) is 2.95. The van der Waals surface area contributed by atoms with E-state index in [4.69, 9.17) is 0 Å². The van der Waals surface area contributed by atoms with Gasteiger partial charge in [0.2, 0.25) is 11.8 Å². The molecule has 5 nitrogen and oxygen atoms in total. The molecule has 1 saturated heterocycles. The van der Waals surface area contributed by atoms with Crippen LogP contribution in [0.3, 0.4) is 0 Å². The summed E-state index contributed by atoms with van der Waals surface area (Å²) in [6.45, 7) is 9.08. The van der Waals surface area contributed by atoms with E-state index in [2.05, 4.69) is 42.3 Å². The first-order chi connectivity index (χ1) is 12.3. The van der Waals surface area contributed by atoms with Crippen LogP contribution in [0, 0.1) is 26.7 Å². The van der Waals surface area contributed by atoms with Gasteiger partial charge in [-0.25, -0.2) is 4.98 Å². The Kier molecular flexibility index (Phi) is 5.41. The molecule has 2 aromatic rings. The first-order valence-corrected chi connectivity index (χ1v) is 9.78. The minimum atomic E-state index is -0.0561. The van der Waals surface area contributed by atoms with Gasteiger partial charge in [0, 0.05) is 36.4 Å². The minimum absolute atomic E-state index is 0.00845. The van der Waals surface area contributed by atoms with Gasteiger partial charge in [0.05, 0.1) is 5.69 Å². The van der Waals surface area contributed by atoms with Gasteiger partial charge >= 0.3 is 0 Å². The van der Waals surface area contributed by atoms with Crippen LogP contribution in [-0.4, -0.2) is 34.8 Å². The fourth-order valence-electron chi connectivity index (χ4n) is 3.44. The Morgan fingerprint density at radius 2 is 1.88 bits per heavy atom. The summed E-state index contributed by atoms with van der Waals surface area (Å²) < 4.78 is 0. The molecule has 138 valence electrons. The third-order valence-electron chi connectivity index (χ3n) is 4.97. The summed E-state index contributed by atoms with van der Waals surface area (Å²) in [5.41, 5.74) is 4.46. The SMILES string of the molecule is CC(=O)N1CCC(C(=O)Nc2nc(-c3ccc(C)cc3C)c(C)s2)CC1. The summed E-state index contributed by atoms with van der Waals surface area (Å²) >= 11 is 1.51. The number of amides is 2. The van der Waals surface area contributed by atoms with Crippen LogP contribution in [0.4, 0.5) is 5.13 Å². The van der Waals surface area contributed by atoms with Gasteiger partial charge in [-0.3, -0.25) is 9.59 Å². The highest BCUT2D eigenvalue weighted by Crippen LogP contribution is 2.33. The normalized spacial score (nSPS) is 15.2. The second-order valence-electron chi connectivity index (χ2n) is 7.01. The van der Waals surface area contributed by atoms with Gasteiger partial charge in [0.1, 0.15) is 0 Å². The molecule has 2 heterocycles. The monoisotopic (exact) mass is 371 g/mol. The van der Waals surface area contributed by atoms with Crippen LogP contribution in [0.5, 0.6) is 0 Å². The predicted octanol–water partition coefficient (Wildman–Crippen LogP) is 3.93. The summed E-state index contributed by atoms with van der Waals surface area (Å²) in [7, 11) is 0. The van der Waals surface area contributed by atoms with Crippen molar-refractivity contribution in [3.05, 3.63) is 34.2 Å². The van der Waals surface area contributed by atoms with Crippen molar-refractivity contribution in [1.82, 2.24) is 9.88 Å². The molecular weight excluding hydrogens is 346 g/mol. The highest BCUT2D eigenvalue weighted by Gasteiger charge is 2.26. The molecule has 0 aliphatic carbocycles. The smallest absolute Gasteiger partial charge is 0.229 e. The van der Waals surface area contributed by atoms with Crippen molar-refractivity contribution in [3.8, 4) is 11.3 Å². The fourth-order valence-corrected chi connectivity index (χ4v) is 4.27. The van der Waals surface area contributed by atoms with Crippen molar-refractivity contribution in [2.75, 3.05) is 18.4 Å². The molecule has 1 aliphatic heterocycles. The van der Waals surface area contributed by atoms with Crippen molar-refractivity contribution >= 4 is 28.3 Å². The molecule has 0 bridgehead atoms. The number of carbonyl (C=O) groups excluding carboxylic acids is 2. The second kappa shape index (κ2) is 7.58. The van der Waals surface area contributed by atoms with Crippen LogP contribution in [0.2, 0.25) is 0 Å². The van der Waals surface area contributed by atoms with E-state index < -0.39 is 0 Å². The van der Waals surface area contributed by atoms with Crippen LogP contribution >= 0.6 is 11.3 Å². The predicted molar refractivity (Wildman–Crippen MR) is 105 cm³/mol. The number of carbonyl (C=O) groups is 2. The van der Waals surface area contributed by atoms with Crippen LogP contribution in [0.1, 0.15) is 35.8 Å². The van der Waals surface area contributed by atoms with Crippen molar-refractivity contribution in [3.63, 3.8) is 0 Å². The number of likely N-dealkylation sites (tertiary alicyclic amines) is 1. The second-order valence-corrected chi connectivity index (χ2v) is 8.21. The molecule has 0 atom stereocenters. The molecule has 1 aromatic carbocycles. The van der Waals surface area contributed by atoms with Gasteiger partial charge in [-0.05, 0) is 39.2 Å². The van der Waals surface area contributed by atoms with Crippen molar-refractivity contribution in [2.24, 2.45) is 5.92 Å². The molecule has 0 saturated carbocycles. The third-order valence-corrected chi connectivity index (χ3v) is 5.86. The van der Waals surface area contributed by atoms with E-state index in [1.54, 1.807) is 11.8 Å². The zero-order valence-corrected chi connectivity index (χ0v) is 16.6. The Bertz CT molecular complexity index is 836. The molecule has 0 unspecified atom stereocenters. The lowest BCUT2D eigenvalue weighted by molar-refractivity contribution is -0.132. The fraction of sp³-hybridized carbons (Fsp3) is 0.450. The highest BCUT2D eigenvalue weighted by atomic mass is 32.1. The van der Waals surface area contributed by atoms with Gasteiger partial charge in [-0.1, -0.05) is 23.8 Å². The summed E-state index contributed by atoms with van der Waals surface area (Å²) in [5, 5.41) is 3.63. The van der Waals surface area contributed by atoms with Crippen molar-refractivity contribution in [2.45, 2.75) is 40.5 Å². The van der Waals surface area contributed by atoms with E-state index in [0.717, 1.165) is 16.1 Å². The lowest BCUT2D eigenvalue weighted by Gasteiger charge is -2.30. The first-order valence-electron chi connectivity index (χ1n) is 8.96. The maximum atomic E-state index is 12.6. The molecule has 26 heavy (non-hydrogen) atoms. The molecule has 1 aliphatic rings. The topological polar surface area (TPSA) is 62.3 Å². The van der Waals surface area contributed by atoms with Gasteiger partial charge in [-0.2, -0.15) is 0 Å². The third kappa shape index (κ3) is 3.96. The Balaban J connectivity index is 1.70. The molecule has 1 aromatic heterocycles. The number of rotatable bonds is 3. The molecule has 2 amide bonds. The van der Waals surface area contributed by atoms with Crippen LogP contribution in [0.15, 0.2) is 18.2 Å². The number of aromatic nitrogens is 1. The number of piperidine rings is 1. The summed E-state index contributed by atoms with van der Waals surface area (Å²) in [6.07, 6.45) is 1.42. The van der Waals surface area contributed by atoms with Gasteiger partial charge in [0.25, 0.3) is 0 Å². The lowest BCUT2D eigenvalue weighted by atomic mass is 9.96. The Labute approximate surface area is 158 Å². The zero-order valence-electron chi connectivity index (χ0n) is 15.8. The van der Waals surface area contributed by atoms with Crippen LogP contribution < -0.4 is 5.32 Å². The summed E-state index contributed by atoms with van der Waals surface area (Å²) in [5.74, 6) is 0.0333. The number of benzene rings is 1. The molecule has 1 fully saturated rings.